The van der Waals surface area contributed by atoms with Crippen LogP contribution in [0.2, 0.25) is 0 Å². The van der Waals surface area contributed by atoms with Crippen molar-refractivity contribution in [3.63, 3.8) is 0 Å². The first-order chi connectivity index (χ1) is 8.28. The van der Waals surface area contributed by atoms with Gasteiger partial charge in [0.1, 0.15) is 5.01 Å². The maximum atomic E-state index is 9.16. The van der Waals surface area contributed by atoms with Gasteiger partial charge in [-0.25, -0.2) is 4.98 Å². The summed E-state index contributed by atoms with van der Waals surface area (Å²) in [6.45, 7) is 2.21. The smallest absolute Gasteiger partial charge is 0.231 e. The van der Waals surface area contributed by atoms with Crippen molar-refractivity contribution >= 4 is 11.3 Å². The van der Waals surface area contributed by atoms with Crippen LogP contribution in [0, 0.1) is 6.92 Å². The number of nitrogens with zero attached hydrogens (tertiary/aromatic N) is 1. The number of benzene rings is 1. The van der Waals surface area contributed by atoms with Gasteiger partial charge in [0.2, 0.25) is 6.79 Å². The molecule has 2 aromatic rings. The molecule has 0 amide bonds. The Morgan fingerprint density at radius 3 is 2.94 bits per heavy atom. The normalized spacial score (nSPS) is 13.1. The number of thiazole rings is 1. The number of ether oxygens (including phenoxy) is 2. The van der Waals surface area contributed by atoms with Crippen LogP contribution in [0.4, 0.5) is 0 Å². The van der Waals surface area contributed by atoms with Gasteiger partial charge in [-0.2, -0.15) is 0 Å². The number of hydrogen-bond donors (Lipinski definition) is 1. The van der Waals surface area contributed by atoms with Crippen molar-refractivity contribution in [3.8, 4) is 22.1 Å². The molecule has 0 saturated carbocycles. The number of aryl methyl sites for hydroxylation is 1. The van der Waals surface area contributed by atoms with Gasteiger partial charge in [0.25, 0.3) is 0 Å². The van der Waals surface area contributed by atoms with Crippen LogP contribution < -0.4 is 9.47 Å². The third-order valence-corrected chi connectivity index (χ3v) is 3.85. The average Bonchev–Trinajstić information content (AvgIpc) is 2.93. The molecule has 88 valence electrons. The Morgan fingerprint density at radius 2 is 2.18 bits per heavy atom. The highest BCUT2D eigenvalue weighted by molar-refractivity contribution is 7.15. The van der Waals surface area contributed by atoms with Gasteiger partial charge in [0, 0.05) is 5.56 Å². The molecule has 1 N–H and O–H groups in total. The number of fused-ring (bicyclic) bond motifs is 1. The van der Waals surface area contributed by atoms with Crippen molar-refractivity contribution in [2.75, 3.05) is 6.79 Å². The van der Waals surface area contributed by atoms with Crippen LogP contribution in [-0.2, 0) is 6.61 Å². The molecule has 0 unspecified atom stereocenters. The number of aliphatic hydroxyl groups is 1. The Hall–Kier alpha value is -1.59. The molecule has 0 saturated heterocycles. The summed E-state index contributed by atoms with van der Waals surface area (Å²) < 4.78 is 10.6. The first-order valence-electron chi connectivity index (χ1n) is 5.25. The molecule has 1 aromatic heterocycles. The minimum atomic E-state index is 0.0358. The van der Waals surface area contributed by atoms with E-state index in [0.717, 1.165) is 32.6 Å². The van der Waals surface area contributed by atoms with E-state index < -0.39 is 0 Å². The Balaban J connectivity index is 2.03. The van der Waals surface area contributed by atoms with Crippen LogP contribution in [0.25, 0.3) is 10.6 Å². The molecule has 1 aromatic carbocycles. The third kappa shape index (κ3) is 1.77. The Kier molecular flexibility index (Phi) is 2.49. The molecule has 4 nitrogen and oxygen atoms in total. The Labute approximate surface area is 102 Å². The second kappa shape index (κ2) is 4.01. The van der Waals surface area contributed by atoms with E-state index in [1.165, 1.54) is 11.3 Å². The Bertz CT molecular complexity index is 565. The zero-order valence-electron chi connectivity index (χ0n) is 9.27. The topological polar surface area (TPSA) is 51.6 Å². The van der Waals surface area contributed by atoms with E-state index in [2.05, 4.69) is 4.98 Å². The molecular weight excluding hydrogens is 238 g/mol. The van der Waals surface area contributed by atoms with Gasteiger partial charge in [-0.15, -0.1) is 11.3 Å². The van der Waals surface area contributed by atoms with Crippen LogP contribution in [0.1, 0.15) is 10.6 Å². The standard InChI is InChI=1S/C12H11NO3S/c1-7-11(5-14)17-12(13-7)8-2-3-9-10(4-8)16-6-15-9/h2-4,14H,5-6H2,1H3. The Morgan fingerprint density at radius 1 is 1.35 bits per heavy atom. The van der Waals surface area contributed by atoms with Crippen molar-refractivity contribution in [1.29, 1.82) is 0 Å². The van der Waals surface area contributed by atoms with E-state index >= 15 is 0 Å². The predicted molar refractivity (Wildman–Crippen MR) is 64.3 cm³/mol. The lowest BCUT2D eigenvalue weighted by Crippen LogP contribution is -1.92. The summed E-state index contributed by atoms with van der Waals surface area (Å²) in [5, 5.41) is 10.1. The van der Waals surface area contributed by atoms with Crippen LogP contribution in [-0.4, -0.2) is 16.9 Å². The van der Waals surface area contributed by atoms with Crippen molar-refractivity contribution < 1.29 is 14.6 Å². The first kappa shape index (κ1) is 10.6. The third-order valence-electron chi connectivity index (χ3n) is 2.66. The summed E-state index contributed by atoms with van der Waals surface area (Å²) in [5.74, 6) is 1.52. The van der Waals surface area contributed by atoms with Crippen molar-refractivity contribution in [2.45, 2.75) is 13.5 Å². The van der Waals surface area contributed by atoms with Gasteiger partial charge < -0.3 is 14.6 Å². The zero-order valence-corrected chi connectivity index (χ0v) is 10.1. The molecule has 0 aliphatic carbocycles. The minimum absolute atomic E-state index is 0.0358. The van der Waals surface area contributed by atoms with Gasteiger partial charge in [-0.3, -0.25) is 0 Å². The predicted octanol–water partition coefficient (Wildman–Crippen LogP) is 2.34. The molecule has 17 heavy (non-hydrogen) atoms. The lowest BCUT2D eigenvalue weighted by atomic mass is 10.2. The fraction of sp³-hybridized carbons (Fsp3) is 0.250. The molecule has 3 rings (SSSR count). The SMILES string of the molecule is Cc1nc(-c2ccc3c(c2)OCO3)sc1CO. The van der Waals surface area contributed by atoms with E-state index in [1.807, 2.05) is 25.1 Å². The lowest BCUT2D eigenvalue weighted by Gasteiger charge is -1.98. The molecule has 2 heterocycles. The number of aliphatic hydroxyl groups excluding tert-OH is 1. The largest absolute Gasteiger partial charge is 0.454 e. The van der Waals surface area contributed by atoms with Crippen molar-refractivity contribution in [3.05, 3.63) is 28.8 Å². The first-order valence-corrected chi connectivity index (χ1v) is 6.07. The minimum Gasteiger partial charge on any atom is -0.454 e. The second-order valence-electron chi connectivity index (χ2n) is 3.75. The molecule has 1 aliphatic heterocycles. The summed E-state index contributed by atoms with van der Waals surface area (Å²) >= 11 is 1.50. The van der Waals surface area contributed by atoms with E-state index in [9.17, 15) is 0 Å². The molecular formula is C12H11NO3S. The van der Waals surface area contributed by atoms with Crippen molar-refractivity contribution in [2.24, 2.45) is 0 Å². The van der Waals surface area contributed by atoms with E-state index in [-0.39, 0.29) is 13.4 Å². The van der Waals surface area contributed by atoms with Gasteiger partial charge in [-0.1, -0.05) is 0 Å². The fourth-order valence-corrected chi connectivity index (χ4v) is 2.65. The molecule has 0 fully saturated rings. The number of rotatable bonds is 2. The number of aromatic nitrogens is 1. The van der Waals surface area contributed by atoms with Crippen LogP contribution >= 0.6 is 11.3 Å². The van der Waals surface area contributed by atoms with Crippen LogP contribution in [0.3, 0.4) is 0 Å². The highest BCUT2D eigenvalue weighted by Gasteiger charge is 2.16. The van der Waals surface area contributed by atoms with Crippen molar-refractivity contribution in [1.82, 2.24) is 4.98 Å². The van der Waals surface area contributed by atoms with Gasteiger partial charge in [0.15, 0.2) is 11.5 Å². The lowest BCUT2D eigenvalue weighted by molar-refractivity contribution is 0.174. The summed E-state index contributed by atoms with van der Waals surface area (Å²) in [6, 6.07) is 5.75. The van der Waals surface area contributed by atoms with E-state index in [1.54, 1.807) is 0 Å². The maximum absolute atomic E-state index is 9.16. The monoisotopic (exact) mass is 249 g/mol. The molecule has 5 heteroatoms. The van der Waals surface area contributed by atoms with Gasteiger partial charge >= 0.3 is 0 Å². The molecule has 1 aliphatic rings. The molecule has 0 radical (unpaired) electrons. The summed E-state index contributed by atoms with van der Waals surface area (Å²) in [4.78, 5) is 5.34. The van der Waals surface area contributed by atoms with E-state index in [0.29, 0.717) is 0 Å². The summed E-state index contributed by atoms with van der Waals surface area (Å²) in [7, 11) is 0. The zero-order chi connectivity index (χ0) is 11.8. The maximum Gasteiger partial charge on any atom is 0.231 e. The molecule has 0 spiro atoms. The number of hydrogen-bond acceptors (Lipinski definition) is 5. The highest BCUT2D eigenvalue weighted by Crippen LogP contribution is 2.37. The molecule has 0 bridgehead atoms. The van der Waals surface area contributed by atoms with Gasteiger partial charge in [0.05, 0.1) is 17.2 Å². The average molecular weight is 249 g/mol. The van der Waals surface area contributed by atoms with Crippen LogP contribution in [0.15, 0.2) is 18.2 Å². The quantitative estimate of drug-likeness (QED) is 0.887. The summed E-state index contributed by atoms with van der Waals surface area (Å²) in [5.41, 5.74) is 1.87. The molecule has 0 atom stereocenters. The second-order valence-corrected chi connectivity index (χ2v) is 4.84. The van der Waals surface area contributed by atoms with Crippen LogP contribution in [0.5, 0.6) is 11.5 Å². The highest BCUT2D eigenvalue weighted by atomic mass is 32.1. The van der Waals surface area contributed by atoms with Gasteiger partial charge in [-0.05, 0) is 25.1 Å². The van der Waals surface area contributed by atoms with E-state index in [4.69, 9.17) is 14.6 Å². The summed E-state index contributed by atoms with van der Waals surface area (Å²) in [6.07, 6.45) is 0. The fourth-order valence-electron chi connectivity index (χ4n) is 1.73.